The second-order valence-electron chi connectivity index (χ2n) is 16.2. The van der Waals surface area contributed by atoms with Crippen LogP contribution in [0.15, 0.2) is 131 Å². The van der Waals surface area contributed by atoms with Gasteiger partial charge in [0, 0.05) is 23.3 Å². The highest BCUT2D eigenvalue weighted by atomic mass is 35.5. The smallest absolute Gasteiger partial charge is 0.416 e. The third kappa shape index (κ3) is 17.7. The van der Waals surface area contributed by atoms with Crippen LogP contribution in [0.1, 0.15) is 83.5 Å². The Morgan fingerprint density at radius 3 is 1.32 bits per heavy atom. The van der Waals surface area contributed by atoms with E-state index in [1.165, 1.54) is 18.2 Å². The zero-order valence-electron chi connectivity index (χ0n) is 40.6. The lowest BCUT2D eigenvalue weighted by atomic mass is 10.1. The number of benzene rings is 6. The number of anilines is 4. The van der Waals surface area contributed by atoms with E-state index in [4.69, 9.17) is 23.2 Å². The fourth-order valence-corrected chi connectivity index (χ4v) is 9.38. The van der Waals surface area contributed by atoms with Crippen LogP contribution in [0.5, 0.6) is 11.5 Å². The summed E-state index contributed by atoms with van der Waals surface area (Å²) in [6.45, 7) is 13.0. The Kier molecular flexibility index (Phi) is 22.5. The summed E-state index contributed by atoms with van der Waals surface area (Å²) in [5, 5.41) is 28.8. The Labute approximate surface area is 432 Å². The van der Waals surface area contributed by atoms with Crippen LogP contribution in [0.2, 0.25) is 10.0 Å². The van der Waals surface area contributed by atoms with E-state index in [9.17, 15) is 59.4 Å². The van der Waals surface area contributed by atoms with Gasteiger partial charge < -0.3 is 31.5 Å². The normalized spacial score (nSPS) is 11.8. The van der Waals surface area contributed by atoms with Crippen LogP contribution < -0.4 is 21.3 Å². The van der Waals surface area contributed by atoms with E-state index < -0.39 is 37.3 Å². The number of phenols is 2. The number of carbonyl (C=O) groups excluding carboxylic acids is 4. The van der Waals surface area contributed by atoms with Crippen molar-refractivity contribution in [3.63, 3.8) is 0 Å². The first kappa shape index (κ1) is 60.4. The molecule has 2 unspecified atom stereocenters. The highest BCUT2D eigenvalue weighted by Crippen LogP contribution is 2.35. The van der Waals surface area contributed by atoms with Crippen molar-refractivity contribution in [3.05, 3.63) is 165 Å². The summed E-state index contributed by atoms with van der Waals surface area (Å²) in [5.41, 5.74) is 3.16. The van der Waals surface area contributed by atoms with Gasteiger partial charge in [-0.15, -0.1) is 0 Å². The molecule has 0 fully saturated rings. The van der Waals surface area contributed by atoms with E-state index in [1.54, 1.807) is 56.3 Å². The van der Waals surface area contributed by atoms with Crippen molar-refractivity contribution >= 4 is 90.3 Å². The zero-order valence-corrected chi connectivity index (χ0v) is 43.8. The monoisotopic (exact) mass is 1090 g/mol. The number of alkyl halides is 3. The number of sulfone groups is 2. The van der Waals surface area contributed by atoms with Crippen molar-refractivity contribution < 1.29 is 59.4 Å². The molecule has 6 N–H and O–H groups in total. The molecule has 0 radical (unpaired) electrons. The summed E-state index contributed by atoms with van der Waals surface area (Å²) >= 11 is 11.8. The minimum absolute atomic E-state index is 0.0337. The first-order chi connectivity index (χ1) is 34.2. The van der Waals surface area contributed by atoms with E-state index >= 15 is 0 Å². The molecule has 4 amide bonds. The molecule has 14 nitrogen and oxygen atoms in total. The van der Waals surface area contributed by atoms with Crippen molar-refractivity contribution in [3.8, 4) is 11.5 Å². The molecular formula is C52H55Cl2F3N4O10S2. The summed E-state index contributed by atoms with van der Waals surface area (Å²) in [6.07, 6.45) is -2.39. The first-order valence-corrected chi connectivity index (χ1v) is 26.0. The van der Waals surface area contributed by atoms with Gasteiger partial charge in [-0.3, -0.25) is 19.2 Å². The molecule has 390 valence electrons. The van der Waals surface area contributed by atoms with Crippen LogP contribution >= 0.6 is 23.2 Å². The molecule has 0 bridgehead atoms. The van der Waals surface area contributed by atoms with Gasteiger partial charge in [0.2, 0.25) is 12.8 Å². The minimum Gasteiger partial charge on any atom is -0.506 e. The van der Waals surface area contributed by atoms with Crippen molar-refractivity contribution in [2.24, 2.45) is 0 Å². The highest BCUT2D eigenvalue weighted by molar-refractivity contribution is 7.92. The van der Waals surface area contributed by atoms with Crippen molar-refractivity contribution in [1.82, 2.24) is 0 Å². The lowest BCUT2D eigenvalue weighted by molar-refractivity contribution is -0.137. The van der Waals surface area contributed by atoms with Crippen molar-refractivity contribution in [2.75, 3.05) is 21.3 Å². The fourth-order valence-electron chi connectivity index (χ4n) is 6.00. The maximum atomic E-state index is 12.5. The fraction of sp³-hybridized carbons (Fsp3) is 0.231. The van der Waals surface area contributed by atoms with Gasteiger partial charge in [-0.25, -0.2) is 16.8 Å². The molecule has 6 aromatic carbocycles. The van der Waals surface area contributed by atoms with Gasteiger partial charge in [-0.2, -0.15) is 13.2 Å². The van der Waals surface area contributed by atoms with E-state index in [0.29, 0.717) is 41.0 Å². The Balaban J connectivity index is 0.000000264. The van der Waals surface area contributed by atoms with Crippen LogP contribution in [0.25, 0.3) is 0 Å². The largest absolute Gasteiger partial charge is 0.506 e. The van der Waals surface area contributed by atoms with Crippen molar-refractivity contribution in [2.45, 2.75) is 87.8 Å². The van der Waals surface area contributed by atoms with Gasteiger partial charge in [-0.1, -0.05) is 84.6 Å². The van der Waals surface area contributed by atoms with Gasteiger partial charge in [0.25, 0.3) is 11.8 Å². The first-order valence-electron chi connectivity index (χ1n) is 22.1. The Morgan fingerprint density at radius 1 is 0.562 bits per heavy atom. The number of carbonyl (C=O) groups is 4. The van der Waals surface area contributed by atoms with Gasteiger partial charge in [0.1, 0.15) is 11.5 Å². The summed E-state index contributed by atoms with van der Waals surface area (Å²) < 4.78 is 85.0. The lowest BCUT2D eigenvalue weighted by Gasteiger charge is -2.11. The lowest BCUT2D eigenvalue weighted by Crippen LogP contribution is -2.16. The molecule has 21 heteroatoms. The van der Waals surface area contributed by atoms with Crippen LogP contribution in [0.3, 0.4) is 0 Å². The van der Waals surface area contributed by atoms with Crippen molar-refractivity contribution in [1.29, 1.82) is 0 Å². The average molecular weight is 1090 g/mol. The Hall–Kier alpha value is -6.93. The third-order valence-electron chi connectivity index (χ3n) is 10.8. The SMILES string of the molecule is CCC(C)S(=O)(=O)c1ccc(C)cc1.CCC(C)S(=O)(=O)c1cccc(C)c1.Cc1ccc(C(=O)Nc2cc(Cl)c(NC=O)cc2O)cc1.O=CNc1cc(O)c(NC(=O)c2ccc(C(F)(F)F)cc2)cc1Cl. The second-order valence-corrected chi connectivity index (χ2v) is 21.8. The van der Waals surface area contributed by atoms with Crippen LogP contribution in [-0.2, 0) is 35.4 Å². The molecule has 0 aliphatic carbocycles. The minimum atomic E-state index is -4.50. The van der Waals surface area contributed by atoms with E-state index in [0.717, 1.165) is 47.0 Å². The number of nitrogens with one attached hydrogen (secondary N) is 4. The summed E-state index contributed by atoms with van der Waals surface area (Å²) in [6, 6.07) is 29.6. The van der Waals surface area contributed by atoms with Crippen LogP contribution in [0, 0.1) is 20.8 Å². The number of amides is 4. The van der Waals surface area contributed by atoms with Gasteiger partial charge in [-0.05, 0) is 126 Å². The molecular weight excluding hydrogens is 1030 g/mol. The van der Waals surface area contributed by atoms with E-state index in [-0.39, 0.29) is 66.3 Å². The van der Waals surface area contributed by atoms with Gasteiger partial charge >= 0.3 is 6.18 Å². The molecule has 0 aromatic heterocycles. The molecule has 73 heavy (non-hydrogen) atoms. The number of aryl methyl sites for hydroxylation is 3. The number of rotatable bonds is 14. The highest BCUT2D eigenvalue weighted by Gasteiger charge is 2.30. The standard InChI is InChI=1S/C15H10ClF3N2O3.C15H13ClN2O3.2C11H16O2S/c16-10-5-12(13(23)6-11(10)20-7-22)21-14(24)8-1-3-9(4-2-8)15(17,18)19;1-9-2-4-10(5-3-9)15(21)18-13-6-11(16)12(17-8-19)7-14(13)20;1-4-10(3)14(12,13)11-7-5-9(2)6-8-11;1-4-10(3)14(12,13)11-7-5-6-9(2)8-11/h1-7,23H,(H,20,22)(H,21,24);2-8,20H,1H3,(H,17,19)(H,18,21);2*5-8,10H,4H2,1-3H3. The summed E-state index contributed by atoms with van der Waals surface area (Å²) in [5.74, 6) is -1.66. The molecule has 0 saturated carbocycles. The number of hydrogen-bond donors (Lipinski definition) is 6. The van der Waals surface area contributed by atoms with Crippen LogP contribution in [-0.4, -0.2) is 62.2 Å². The number of hydrogen-bond acceptors (Lipinski definition) is 10. The van der Waals surface area contributed by atoms with E-state index in [1.807, 2.05) is 65.0 Å². The predicted octanol–water partition coefficient (Wildman–Crippen LogP) is 12.2. The molecule has 6 aromatic rings. The topological polar surface area (TPSA) is 225 Å². The molecule has 6 rings (SSSR count). The quantitative estimate of drug-likeness (QED) is 0.0447. The van der Waals surface area contributed by atoms with E-state index in [2.05, 4.69) is 21.3 Å². The molecule has 0 spiro atoms. The maximum Gasteiger partial charge on any atom is 0.416 e. The zero-order chi connectivity index (χ0) is 54.8. The molecule has 2 atom stereocenters. The Morgan fingerprint density at radius 2 is 0.945 bits per heavy atom. The number of aromatic hydroxyl groups is 2. The van der Waals surface area contributed by atoms with Gasteiger partial charge in [0.05, 0.1) is 58.6 Å². The average Bonchev–Trinajstić information content (AvgIpc) is 3.34. The molecule has 0 saturated heterocycles. The van der Waals surface area contributed by atoms with Crippen LogP contribution in [0.4, 0.5) is 35.9 Å². The second kappa shape index (κ2) is 27.2. The predicted molar refractivity (Wildman–Crippen MR) is 280 cm³/mol. The number of halogens is 5. The molecule has 0 aliphatic rings. The molecule has 0 aliphatic heterocycles. The molecule has 0 heterocycles. The third-order valence-corrected chi connectivity index (χ3v) is 16.0. The Bertz CT molecular complexity index is 3090. The maximum absolute atomic E-state index is 12.5. The summed E-state index contributed by atoms with van der Waals surface area (Å²) in [7, 11) is -6.22. The number of phenolic OH excluding ortho intramolecular Hbond substituents is 2. The van der Waals surface area contributed by atoms with Gasteiger partial charge in [0.15, 0.2) is 19.7 Å². The summed E-state index contributed by atoms with van der Waals surface area (Å²) in [4.78, 5) is 45.7.